The van der Waals surface area contributed by atoms with Crippen LogP contribution in [0.4, 0.5) is 0 Å². The van der Waals surface area contributed by atoms with Crippen molar-refractivity contribution < 1.29 is 33.5 Å². The highest BCUT2D eigenvalue weighted by atomic mass is 16.9. The number of phenols is 1. The van der Waals surface area contributed by atoms with Crippen molar-refractivity contribution in [3.63, 3.8) is 0 Å². The molecule has 0 bridgehead atoms. The van der Waals surface area contributed by atoms with Gasteiger partial charge in [-0.15, -0.1) is 0 Å². The first kappa shape index (κ1) is 19.6. The molecule has 7 heteroatoms. The van der Waals surface area contributed by atoms with E-state index < -0.39 is 17.4 Å². The Hall–Kier alpha value is -2.16. The SMILES string of the molecule is COC1(OC)Oc2cc(O)ccc2C(OC)(OC)[C@@]1(OC)c1ccccc1. The molecule has 146 valence electrons. The van der Waals surface area contributed by atoms with E-state index >= 15 is 0 Å². The number of hydrogen-bond acceptors (Lipinski definition) is 7. The van der Waals surface area contributed by atoms with Crippen molar-refractivity contribution in [1.29, 1.82) is 0 Å². The number of benzene rings is 2. The van der Waals surface area contributed by atoms with Gasteiger partial charge in [0, 0.05) is 41.6 Å². The third kappa shape index (κ3) is 2.40. The molecular formula is C20H24O7. The van der Waals surface area contributed by atoms with Crippen LogP contribution in [-0.2, 0) is 35.1 Å². The summed E-state index contributed by atoms with van der Waals surface area (Å²) < 4.78 is 35.5. The lowest BCUT2D eigenvalue weighted by molar-refractivity contribution is -0.483. The van der Waals surface area contributed by atoms with E-state index in [1.165, 1.54) is 47.7 Å². The minimum atomic E-state index is -1.78. The smallest absolute Gasteiger partial charge is 0.368 e. The highest BCUT2D eigenvalue weighted by molar-refractivity contribution is 5.49. The van der Waals surface area contributed by atoms with Crippen molar-refractivity contribution in [2.75, 3.05) is 35.5 Å². The lowest BCUT2D eigenvalue weighted by Gasteiger charge is -2.57. The van der Waals surface area contributed by atoms with Crippen LogP contribution in [0.15, 0.2) is 48.5 Å². The van der Waals surface area contributed by atoms with Gasteiger partial charge in [-0.05, 0) is 17.7 Å². The lowest BCUT2D eigenvalue weighted by Crippen LogP contribution is -2.72. The fourth-order valence-corrected chi connectivity index (χ4v) is 3.94. The second-order valence-electron chi connectivity index (χ2n) is 6.02. The van der Waals surface area contributed by atoms with Crippen molar-refractivity contribution in [2.45, 2.75) is 17.4 Å². The van der Waals surface area contributed by atoms with Crippen LogP contribution in [0.3, 0.4) is 0 Å². The average Bonchev–Trinajstić information content (AvgIpc) is 2.72. The van der Waals surface area contributed by atoms with E-state index in [9.17, 15) is 5.11 Å². The molecule has 1 heterocycles. The first-order valence-corrected chi connectivity index (χ1v) is 8.34. The van der Waals surface area contributed by atoms with E-state index in [1.54, 1.807) is 6.07 Å². The molecule has 1 N–H and O–H groups in total. The molecule has 0 unspecified atom stereocenters. The molecule has 0 saturated carbocycles. The van der Waals surface area contributed by atoms with Gasteiger partial charge in [-0.3, -0.25) is 0 Å². The highest BCUT2D eigenvalue weighted by Gasteiger charge is 2.75. The van der Waals surface area contributed by atoms with E-state index in [0.717, 1.165) is 0 Å². The Bertz CT molecular complexity index is 784. The number of aromatic hydroxyl groups is 1. The first-order chi connectivity index (χ1) is 13.0. The van der Waals surface area contributed by atoms with Crippen molar-refractivity contribution in [3.05, 3.63) is 59.7 Å². The molecule has 0 amide bonds. The van der Waals surface area contributed by atoms with Gasteiger partial charge in [0.2, 0.25) is 11.4 Å². The molecule has 0 aromatic heterocycles. The van der Waals surface area contributed by atoms with Crippen molar-refractivity contribution >= 4 is 0 Å². The summed E-state index contributed by atoms with van der Waals surface area (Å²) in [4.78, 5) is 0. The summed E-state index contributed by atoms with van der Waals surface area (Å²) >= 11 is 0. The van der Waals surface area contributed by atoms with Crippen LogP contribution in [-0.4, -0.2) is 46.6 Å². The summed E-state index contributed by atoms with van der Waals surface area (Å²) in [6.45, 7) is 0. The molecule has 0 spiro atoms. The molecule has 0 radical (unpaired) electrons. The maximum Gasteiger partial charge on any atom is 0.368 e. The molecule has 2 aromatic carbocycles. The largest absolute Gasteiger partial charge is 0.508 e. The molecule has 0 saturated heterocycles. The molecule has 0 fully saturated rings. The van der Waals surface area contributed by atoms with Gasteiger partial charge >= 0.3 is 5.97 Å². The van der Waals surface area contributed by atoms with Crippen LogP contribution in [0.5, 0.6) is 11.5 Å². The van der Waals surface area contributed by atoms with Gasteiger partial charge in [-0.2, -0.15) is 0 Å². The zero-order chi connectivity index (χ0) is 19.7. The fraction of sp³-hybridized carbons (Fsp3) is 0.400. The van der Waals surface area contributed by atoms with Crippen molar-refractivity contribution in [1.82, 2.24) is 0 Å². The predicted molar refractivity (Wildman–Crippen MR) is 96.3 cm³/mol. The molecule has 1 atom stereocenters. The maximum atomic E-state index is 9.95. The van der Waals surface area contributed by atoms with Gasteiger partial charge < -0.3 is 33.5 Å². The Morgan fingerprint density at radius 3 is 1.93 bits per heavy atom. The molecule has 0 aliphatic carbocycles. The zero-order valence-electron chi connectivity index (χ0n) is 16.0. The topological polar surface area (TPSA) is 75.6 Å². The van der Waals surface area contributed by atoms with E-state index in [4.69, 9.17) is 28.4 Å². The Labute approximate surface area is 158 Å². The summed E-state index contributed by atoms with van der Waals surface area (Å²) in [6.07, 6.45) is 0. The second kappa shape index (κ2) is 7.10. The number of hydrogen-bond donors (Lipinski definition) is 1. The van der Waals surface area contributed by atoms with E-state index in [1.807, 2.05) is 30.3 Å². The normalized spacial score (nSPS) is 22.7. The zero-order valence-corrected chi connectivity index (χ0v) is 16.0. The highest BCUT2D eigenvalue weighted by Crippen LogP contribution is 2.60. The van der Waals surface area contributed by atoms with Gasteiger partial charge in [0.15, 0.2) is 0 Å². The molecule has 3 rings (SSSR count). The number of phenolic OH excluding ortho intramolecular Hbond substituents is 1. The summed E-state index contributed by atoms with van der Waals surface area (Å²) in [5.74, 6) is -3.00. The molecule has 27 heavy (non-hydrogen) atoms. The third-order valence-corrected chi connectivity index (χ3v) is 5.06. The minimum absolute atomic E-state index is 0.0144. The number of methoxy groups -OCH3 is 5. The monoisotopic (exact) mass is 376 g/mol. The van der Waals surface area contributed by atoms with Crippen LogP contribution < -0.4 is 4.74 Å². The maximum absolute atomic E-state index is 9.95. The quantitative estimate of drug-likeness (QED) is 0.777. The van der Waals surface area contributed by atoms with Gasteiger partial charge in [-0.25, -0.2) is 0 Å². The Kier molecular flexibility index (Phi) is 5.16. The van der Waals surface area contributed by atoms with Gasteiger partial charge in [-0.1, -0.05) is 30.3 Å². The molecule has 7 nitrogen and oxygen atoms in total. The van der Waals surface area contributed by atoms with E-state index in [2.05, 4.69) is 0 Å². The van der Waals surface area contributed by atoms with Crippen molar-refractivity contribution in [3.8, 4) is 11.5 Å². The Morgan fingerprint density at radius 1 is 0.778 bits per heavy atom. The van der Waals surface area contributed by atoms with Crippen LogP contribution in [0.2, 0.25) is 0 Å². The molecule has 2 aromatic rings. The molecule has 1 aliphatic heterocycles. The van der Waals surface area contributed by atoms with Crippen LogP contribution >= 0.6 is 0 Å². The van der Waals surface area contributed by atoms with E-state index in [0.29, 0.717) is 11.1 Å². The average molecular weight is 376 g/mol. The van der Waals surface area contributed by atoms with Gasteiger partial charge in [0.25, 0.3) is 0 Å². The third-order valence-electron chi connectivity index (χ3n) is 5.06. The van der Waals surface area contributed by atoms with Crippen LogP contribution in [0, 0.1) is 0 Å². The van der Waals surface area contributed by atoms with Gasteiger partial charge in [0.05, 0.1) is 5.56 Å². The van der Waals surface area contributed by atoms with Crippen LogP contribution in [0.25, 0.3) is 0 Å². The first-order valence-electron chi connectivity index (χ1n) is 8.34. The lowest BCUT2D eigenvalue weighted by atomic mass is 9.76. The fourth-order valence-electron chi connectivity index (χ4n) is 3.94. The standard InChI is InChI=1S/C20H24O7/c1-22-18(14-9-7-6-8-10-14)19(23-2,24-3)16-12-11-15(21)13-17(16)27-20(18,25-4)26-5/h6-13,21H,1-5H3/t18-/m0/s1. The predicted octanol–water partition coefficient (Wildman–Crippen LogP) is 2.72. The summed E-state index contributed by atoms with van der Waals surface area (Å²) in [5.41, 5.74) is -0.350. The minimum Gasteiger partial charge on any atom is -0.508 e. The van der Waals surface area contributed by atoms with Crippen molar-refractivity contribution in [2.24, 2.45) is 0 Å². The number of fused-ring (bicyclic) bond motifs is 1. The summed E-state index contributed by atoms with van der Waals surface area (Å²) in [6, 6.07) is 13.9. The number of rotatable bonds is 6. The molecule has 1 aliphatic rings. The molecular weight excluding hydrogens is 352 g/mol. The summed E-state index contributed by atoms with van der Waals surface area (Å²) in [5, 5.41) is 9.95. The van der Waals surface area contributed by atoms with Gasteiger partial charge in [0.1, 0.15) is 11.5 Å². The van der Waals surface area contributed by atoms with E-state index in [-0.39, 0.29) is 11.5 Å². The summed E-state index contributed by atoms with van der Waals surface area (Å²) in [7, 11) is 7.37. The van der Waals surface area contributed by atoms with Crippen LogP contribution in [0.1, 0.15) is 11.1 Å². The number of ether oxygens (including phenoxy) is 6. The Balaban J connectivity index is 2.47. The second-order valence-corrected chi connectivity index (χ2v) is 6.02. The Morgan fingerprint density at radius 2 is 1.41 bits per heavy atom.